The number of carboxylic acid groups (broad SMARTS) is 3. The molecule has 0 fully saturated rings. The molecule has 0 aromatic rings. The van der Waals surface area contributed by atoms with E-state index in [0.29, 0.717) is 0 Å². The van der Waals surface area contributed by atoms with Gasteiger partial charge in [-0.1, -0.05) is 0 Å². The Bertz CT molecular complexity index is 538. The summed E-state index contributed by atoms with van der Waals surface area (Å²) in [6, 6.07) is -2.42. The number of nitrogens with one attached hydrogen (secondary N) is 1. The van der Waals surface area contributed by atoms with Crippen molar-refractivity contribution in [3.05, 3.63) is 0 Å². The lowest BCUT2D eigenvalue weighted by atomic mass is 10.1. The van der Waals surface area contributed by atoms with E-state index in [1.54, 1.807) is 0 Å². The average Bonchev–Trinajstić information content (AvgIpc) is 2.47. The van der Waals surface area contributed by atoms with Crippen LogP contribution in [0, 0.1) is 0 Å². The molecule has 0 saturated carbocycles. The van der Waals surface area contributed by atoms with E-state index >= 15 is 0 Å². The molecule has 0 aliphatic carbocycles. The molecule has 0 bridgehead atoms. The van der Waals surface area contributed by atoms with Crippen molar-refractivity contribution in [1.29, 1.82) is 0 Å². The van der Waals surface area contributed by atoms with Gasteiger partial charge in [0.15, 0.2) is 0 Å². The summed E-state index contributed by atoms with van der Waals surface area (Å²) < 4.78 is 31.7. The summed E-state index contributed by atoms with van der Waals surface area (Å²) in [6.07, 6.45) is -5.70. The molecular formula is C12H18F3N3O8. The van der Waals surface area contributed by atoms with Crippen molar-refractivity contribution < 1.29 is 52.5 Å². The molecule has 0 spiro atoms. The predicted molar refractivity (Wildman–Crippen MR) is 76.5 cm³/mol. The largest absolute Gasteiger partial charge is 0.490 e. The molecule has 0 unspecified atom stereocenters. The van der Waals surface area contributed by atoms with Gasteiger partial charge >= 0.3 is 24.1 Å². The lowest BCUT2D eigenvalue weighted by Gasteiger charge is -2.14. The van der Waals surface area contributed by atoms with Gasteiger partial charge in [-0.15, -0.1) is 0 Å². The summed E-state index contributed by atoms with van der Waals surface area (Å²) in [5.74, 6) is -6.61. The average molecular weight is 389 g/mol. The maximum Gasteiger partial charge on any atom is 0.490 e. The molecule has 0 heterocycles. The van der Waals surface area contributed by atoms with E-state index < -0.39 is 48.0 Å². The van der Waals surface area contributed by atoms with Crippen LogP contribution in [0.15, 0.2) is 0 Å². The predicted octanol–water partition coefficient (Wildman–Crippen LogP) is -1.35. The summed E-state index contributed by atoms with van der Waals surface area (Å²) in [5.41, 5.74) is 10.1. The van der Waals surface area contributed by atoms with Crippen LogP contribution in [-0.2, 0) is 24.0 Å². The van der Waals surface area contributed by atoms with Crippen molar-refractivity contribution in [3.63, 3.8) is 0 Å². The van der Waals surface area contributed by atoms with Crippen LogP contribution in [0.4, 0.5) is 13.2 Å². The Morgan fingerprint density at radius 2 is 1.38 bits per heavy atom. The highest BCUT2D eigenvalue weighted by molar-refractivity contribution is 5.84. The lowest BCUT2D eigenvalue weighted by Crippen LogP contribution is -2.42. The van der Waals surface area contributed by atoms with Crippen molar-refractivity contribution in [1.82, 2.24) is 5.32 Å². The first-order valence-corrected chi connectivity index (χ1v) is 6.77. The topological polar surface area (TPSA) is 210 Å². The van der Waals surface area contributed by atoms with Gasteiger partial charge in [0, 0.05) is 12.8 Å². The number of aliphatic carboxylic acids is 3. The SMILES string of the molecule is NC(=O)CC[C@H](NC(=O)CC[C@H](N)C(=O)O)C(=O)O.O=C(O)C(F)(F)F. The third kappa shape index (κ3) is 13.5. The van der Waals surface area contributed by atoms with Crippen LogP contribution in [0.5, 0.6) is 0 Å². The summed E-state index contributed by atoms with van der Waals surface area (Å²) in [7, 11) is 0. The number of amides is 2. The minimum Gasteiger partial charge on any atom is -0.480 e. The maximum absolute atomic E-state index is 11.4. The number of carbonyl (C=O) groups excluding carboxylic acids is 2. The second kappa shape index (κ2) is 11.6. The molecule has 150 valence electrons. The highest BCUT2D eigenvalue weighted by Crippen LogP contribution is 2.13. The van der Waals surface area contributed by atoms with E-state index in [4.69, 9.17) is 31.6 Å². The normalized spacial score (nSPS) is 12.8. The van der Waals surface area contributed by atoms with E-state index in [1.807, 2.05) is 0 Å². The minimum absolute atomic E-state index is 0.108. The minimum atomic E-state index is -5.08. The Kier molecular flexibility index (Phi) is 11.3. The van der Waals surface area contributed by atoms with Crippen molar-refractivity contribution in [2.75, 3.05) is 0 Å². The molecule has 0 saturated heterocycles. The second-order valence-electron chi connectivity index (χ2n) is 4.75. The van der Waals surface area contributed by atoms with Crippen LogP contribution in [-0.4, -0.2) is 63.3 Å². The molecule has 0 aliphatic heterocycles. The monoisotopic (exact) mass is 389 g/mol. The zero-order chi connectivity index (χ0) is 21.1. The lowest BCUT2D eigenvalue weighted by molar-refractivity contribution is -0.192. The quantitative estimate of drug-likeness (QED) is 0.275. The molecule has 11 nitrogen and oxygen atoms in total. The first-order valence-electron chi connectivity index (χ1n) is 6.77. The Balaban J connectivity index is 0. The smallest absolute Gasteiger partial charge is 0.480 e. The van der Waals surface area contributed by atoms with Gasteiger partial charge in [-0.05, 0) is 12.8 Å². The Hall–Kier alpha value is -2.90. The summed E-state index contributed by atoms with van der Waals surface area (Å²) in [6.45, 7) is 0. The standard InChI is InChI=1S/C10H17N3O6.C2HF3O2/c11-5(9(16)17)1-4-8(15)13-6(10(18)19)2-3-7(12)14;3-2(4,5)1(6)7/h5-6H,1-4,11H2,(H2,12,14)(H,13,15)(H,16,17)(H,18,19);(H,6,7)/t5-,6-;/m0./s1. The van der Waals surface area contributed by atoms with E-state index in [9.17, 15) is 32.3 Å². The van der Waals surface area contributed by atoms with Gasteiger partial charge in [0.1, 0.15) is 12.1 Å². The van der Waals surface area contributed by atoms with E-state index in [2.05, 4.69) is 5.32 Å². The fraction of sp³-hybridized carbons (Fsp3) is 0.583. The van der Waals surface area contributed by atoms with Crippen molar-refractivity contribution in [3.8, 4) is 0 Å². The first kappa shape index (κ1) is 25.3. The summed E-state index contributed by atoms with van der Waals surface area (Å²) >= 11 is 0. The molecule has 2 atom stereocenters. The highest BCUT2D eigenvalue weighted by atomic mass is 19.4. The molecule has 2 amide bonds. The van der Waals surface area contributed by atoms with Crippen LogP contribution >= 0.6 is 0 Å². The Labute approximate surface area is 144 Å². The number of primary amides is 1. The van der Waals surface area contributed by atoms with Crippen molar-refractivity contribution in [2.24, 2.45) is 11.5 Å². The number of carboxylic acids is 3. The zero-order valence-corrected chi connectivity index (χ0v) is 13.2. The maximum atomic E-state index is 11.4. The van der Waals surface area contributed by atoms with E-state index in [0.717, 1.165) is 0 Å². The number of hydrogen-bond donors (Lipinski definition) is 6. The molecular weight excluding hydrogens is 371 g/mol. The first-order chi connectivity index (χ1) is 11.7. The fourth-order valence-corrected chi connectivity index (χ4v) is 1.22. The number of alkyl halides is 3. The number of nitrogens with two attached hydrogens (primary N) is 2. The third-order valence-electron chi connectivity index (χ3n) is 2.55. The van der Waals surface area contributed by atoms with Gasteiger partial charge in [-0.25, -0.2) is 9.59 Å². The molecule has 8 N–H and O–H groups in total. The van der Waals surface area contributed by atoms with Gasteiger partial charge in [0.05, 0.1) is 0 Å². The van der Waals surface area contributed by atoms with Crippen molar-refractivity contribution in [2.45, 2.75) is 43.9 Å². The molecule has 0 aromatic carbocycles. The third-order valence-corrected chi connectivity index (χ3v) is 2.55. The van der Waals surface area contributed by atoms with Crippen LogP contribution in [0.25, 0.3) is 0 Å². The summed E-state index contributed by atoms with van der Waals surface area (Å²) in [5, 5.41) is 26.6. The Morgan fingerprint density at radius 3 is 1.69 bits per heavy atom. The van der Waals surface area contributed by atoms with Crippen LogP contribution in [0.1, 0.15) is 25.7 Å². The van der Waals surface area contributed by atoms with Crippen molar-refractivity contribution >= 4 is 29.7 Å². The van der Waals surface area contributed by atoms with Gasteiger partial charge in [-0.3, -0.25) is 14.4 Å². The summed E-state index contributed by atoms with van der Waals surface area (Å²) in [4.78, 5) is 52.0. The van der Waals surface area contributed by atoms with Crippen LogP contribution in [0.3, 0.4) is 0 Å². The van der Waals surface area contributed by atoms with Crippen LogP contribution in [0.2, 0.25) is 0 Å². The number of rotatable bonds is 9. The molecule has 26 heavy (non-hydrogen) atoms. The number of hydrogen-bond acceptors (Lipinski definition) is 6. The second-order valence-corrected chi connectivity index (χ2v) is 4.75. The molecule has 0 rings (SSSR count). The Morgan fingerprint density at radius 1 is 0.923 bits per heavy atom. The van der Waals surface area contributed by atoms with Gasteiger partial charge in [0.2, 0.25) is 11.8 Å². The zero-order valence-electron chi connectivity index (χ0n) is 13.2. The van der Waals surface area contributed by atoms with Gasteiger partial charge in [-0.2, -0.15) is 13.2 Å². The fourth-order valence-electron chi connectivity index (χ4n) is 1.22. The van der Waals surface area contributed by atoms with E-state index in [-0.39, 0.29) is 25.7 Å². The van der Waals surface area contributed by atoms with Gasteiger partial charge in [0.25, 0.3) is 0 Å². The molecule has 0 aliphatic rings. The molecule has 14 heteroatoms. The van der Waals surface area contributed by atoms with Gasteiger partial charge < -0.3 is 32.1 Å². The van der Waals surface area contributed by atoms with E-state index in [1.165, 1.54) is 0 Å². The molecule has 0 radical (unpaired) electrons. The van der Waals surface area contributed by atoms with Crippen LogP contribution < -0.4 is 16.8 Å². The number of halogens is 3. The highest BCUT2D eigenvalue weighted by Gasteiger charge is 2.38. The number of carbonyl (C=O) groups is 5. The molecule has 0 aromatic heterocycles.